The van der Waals surface area contributed by atoms with Crippen LogP contribution in [0.4, 0.5) is 21.7 Å². The molecule has 6 heteroatoms. The van der Waals surface area contributed by atoms with Crippen LogP contribution >= 0.6 is 0 Å². The number of aromatic nitrogens is 2. The van der Waals surface area contributed by atoms with E-state index in [1.165, 1.54) is 18.5 Å². The molecular formula is C13H16FN5. The molecule has 0 spiro atoms. The van der Waals surface area contributed by atoms with E-state index >= 15 is 0 Å². The molecule has 19 heavy (non-hydrogen) atoms. The first kappa shape index (κ1) is 13.2. The van der Waals surface area contributed by atoms with E-state index in [1.807, 2.05) is 6.92 Å². The first-order chi connectivity index (χ1) is 9.17. The van der Waals surface area contributed by atoms with Crippen LogP contribution in [0, 0.1) is 5.82 Å². The van der Waals surface area contributed by atoms with Crippen molar-refractivity contribution >= 4 is 17.3 Å². The minimum atomic E-state index is -0.271. The minimum Gasteiger partial charge on any atom is -0.366 e. The van der Waals surface area contributed by atoms with Gasteiger partial charge in [0.25, 0.3) is 0 Å². The van der Waals surface area contributed by atoms with Crippen molar-refractivity contribution in [2.24, 2.45) is 5.73 Å². The van der Waals surface area contributed by atoms with Crippen LogP contribution in [0.25, 0.3) is 0 Å². The summed E-state index contributed by atoms with van der Waals surface area (Å²) in [5.74, 6) is 1.05. The number of benzene rings is 1. The molecule has 0 fully saturated rings. The lowest BCUT2D eigenvalue weighted by atomic mass is 10.3. The molecular weight excluding hydrogens is 245 g/mol. The summed E-state index contributed by atoms with van der Waals surface area (Å²) in [4.78, 5) is 8.21. The lowest BCUT2D eigenvalue weighted by Gasteiger charge is -2.12. The van der Waals surface area contributed by atoms with Crippen molar-refractivity contribution in [3.63, 3.8) is 0 Å². The molecule has 0 aliphatic carbocycles. The van der Waals surface area contributed by atoms with Crippen molar-refractivity contribution < 1.29 is 4.39 Å². The Bertz CT molecular complexity index is 529. The van der Waals surface area contributed by atoms with E-state index in [-0.39, 0.29) is 11.9 Å². The maximum Gasteiger partial charge on any atom is 0.135 e. The number of nitrogens with zero attached hydrogens (tertiary/aromatic N) is 2. The average Bonchev–Trinajstić information content (AvgIpc) is 2.42. The molecule has 1 aromatic carbocycles. The Morgan fingerprint density at radius 1 is 1.21 bits per heavy atom. The van der Waals surface area contributed by atoms with Gasteiger partial charge in [0.2, 0.25) is 0 Å². The first-order valence-corrected chi connectivity index (χ1v) is 5.98. The predicted molar refractivity (Wildman–Crippen MR) is 73.9 cm³/mol. The second-order valence-electron chi connectivity index (χ2n) is 4.20. The molecule has 4 N–H and O–H groups in total. The SMILES string of the molecule is CC(CN)Nc1cc(Nc2ccc(F)cc2)ncn1. The summed E-state index contributed by atoms with van der Waals surface area (Å²) in [7, 11) is 0. The van der Waals surface area contributed by atoms with Crippen molar-refractivity contribution in [3.05, 3.63) is 42.5 Å². The molecule has 1 atom stereocenters. The third-order valence-electron chi connectivity index (χ3n) is 2.53. The van der Waals surface area contributed by atoms with Gasteiger partial charge in [0, 0.05) is 24.3 Å². The molecule has 1 heterocycles. The van der Waals surface area contributed by atoms with Gasteiger partial charge in [0.15, 0.2) is 0 Å². The Morgan fingerprint density at radius 3 is 2.58 bits per heavy atom. The van der Waals surface area contributed by atoms with Crippen molar-refractivity contribution in [1.29, 1.82) is 0 Å². The van der Waals surface area contributed by atoms with E-state index < -0.39 is 0 Å². The Morgan fingerprint density at radius 2 is 1.89 bits per heavy atom. The molecule has 1 aromatic heterocycles. The smallest absolute Gasteiger partial charge is 0.135 e. The summed E-state index contributed by atoms with van der Waals surface area (Å²) in [5.41, 5.74) is 6.30. The van der Waals surface area contributed by atoms with Crippen LogP contribution in [0.15, 0.2) is 36.7 Å². The van der Waals surface area contributed by atoms with E-state index in [2.05, 4.69) is 20.6 Å². The zero-order valence-corrected chi connectivity index (χ0v) is 10.6. The van der Waals surface area contributed by atoms with E-state index in [1.54, 1.807) is 18.2 Å². The maximum atomic E-state index is 12.8. The van der Waals surface area contributed by atoms with Crippen LogP contribution in [0.3, 0.4) is 0 Å². The number of halogens is 1. The van der Waals surface area contributed by atoms with Crippen LogP contribution in [0.2, 0.25) is 0 Å². The highest BCUT2D eigenvalue weighted by Gasteiger charge is 2.03. The highest BCUT2D eigenvalue weighted by molar-refractivity contribution is 5.58. The molecule has 100 valence electrons. The molecule has 0 aliphatic rings. The van der Waals surface area contributed by atoms with Gasteiger partial charge in [-0.1, -0.05) is 0 Å². The zero-order valence-electron chi connectivity index (χ0n) is 10.6. The van der Waals surface area contributed by atoms with Gasteiger partial charge in [0.05, 0.1) is 0 Å². The number of rotatable bonds is 5. The topological polar surface area (TPSA) is 75.9 Å². The number of nitrogens with two attached hydrogens (primary N) is 1. The Kier molecular flexibility index (Phi) is 4.25. The second kappa shape index (κ2) is 6.10. The quantitative estimate of drug-likeness (QED) is 0.768. The zero-order chi connectivity index (χ0) is 13.7. The van der Waals surface area contributed by atoms with Crippen LogP contribution in [-0.4, -0.2) is 22.6 Å². The van der Waals surface area contributed by atoms with Crippen molar-refractivity contribution in [3.8, 4) is 0 Å². The van der Waals surface area contributed by atoms with Gasteiger partial charge in [-0.3, -0.25) is 0 Å². The fraction of sp³-hybridized carbons (Fsp3) is 0.231. The predicted octanol–water partition coefficient (Wildman–Crippen LogP) is 2.12. The minimum absolute atomic E-state index is 0.133. The highest BCUT2D eigenvalue weighted by atomic mass is 19.1. The third-order valence-corrected chi connectivity index (χ3v) is 2.53. The van der Waals surface area contributed by atoms with Crippen LogP contribution in [0.1, 0.15) is 6.92 Å². The normalized spacial score (nSPS) is 11.9. The van der Waals surface area contributed by atoms with Gasteiger partial charge >= 0.3 is 0 Å². The second-order valence-corrected chi connectivity index (χ2v) is 4.20. The van der Waals surface area contributed by atoms with Crippen LogP contribution < -0.4 is 16.4 Å². The van der Waals surface area contributed by atoms with Crippen LogP contribution in [0.5, 0.6) is 0 Å². The Labute approximate surface area is 111 Å². The van der Waals surface area contributed by atoms with Crippen molar-refractivity contribution in [2.45, 2.75) is 13.0 Å². The Balaban J connectivity index is 2.08. The van der Waals surface area contributed by atoms with Crippen LogP contribution in [-0.2, 0) is 0 Å². The summed E-state index contributed by atoms with van der Waals surface area (Å²) in [6.45, 7) is 2.49. The fourth-order valence-electron chi connectivity index (χ4n) is 1.50. The van der Waals surface area contributed by atoms with E-state index in [0.717, 1.165) is 5.69 Å². The molecule has 0 bridgehead atoms. The third kappa shape index (κ3) is 3.89. The molecule has 0 amide bonds. The molecule has 0 aliphatic heterocycles. The van der Waals surface area contributed by atoms with Gasteiger partial charge in [-0.05, 0) is 31.2 Å². The van der Waals surface area contributed by atoms with Gasteiger partial charge in [-0.2, -0.15) is 0 Å². The average molecular weight is 261 g/mol. The summed E-state index contributed by atoms with van der Waals surface area (Å²) >= 11 is 0. The summed E-state index contributed by atoms with van der Waals surface area (Å²) < 4.78 is 12.8. The van der Waals surface area contributed by atoms with E-state index in [0.29, 0.717) is 18.2 Å². The first-order valence-electron chi connectivity index (χ1n) is 5.98. The monoisotopic (exact) mass is 261 g/mol. The fourth-order valence-corrected chi connectivity index (χ4v) is 1.50. The van der Waals surface area contributed by atoms with Crippen molar-refractivity contribution in [2.75, 3.05) is 17.2 Å². The lowest BCUT2D eigenvalue weighted by Crippen LogP contribution is -2.25. The lowest BCUT2D eigenvalue weighted by molar-refractivity contribution is 0.628. The van der Waals surface area contributed by atoms with E-state index in [9.17, 15) is 4.39 Å². The van der Waals surface area contributed by atoms with Gasteiger partial charge in [0.1, 0.15) is 23.8 Å². The molecule has 2 aromatic rings. The molecule has 5 nitrogen and oxygen atoms in total. The van der Waals surface area contributed by atoms with Gasteiger partial charge < -0.3 is 16.4 Å². The van der Waals surface area contributed by atoms with Gasteiger partial charge in [-0.25, -0.2) is 14.4 Å². The molecule has 0 radical (unpaired) electrons. The standard InChI is InChI=1S/C13H16FN5/c1-9(7-15)18-12-6-13(17-8-16-12)19-11-4-2-10(14)3-5-11/h2-6,8-9H,7,15H2,1H3,(H2,16,17,18,19). The molecule has 0 saturated carbocycles. The largest absolute Gasteiger partial charge is 0.366 e. The van der Waals surface area contributed by atoms with Gasteiger partial charge in [-0.15, -0.1) is 0 Å². The number of anilines is 3. The van der Waals surface area contributed by atoms with E-state index in [4.69, 9.17) is 5.73 Å². The highest BCUT2D eigenvalue weighted by Crippen LogP contribution is 2.16. The number of nitrogens with one attached hydrogen (secondary N) is 2. The number of hydrogen-bond donors (Lipinski definition) is 3. The molecule has 1 unspecified atom stereocenters. The maximum absolute atomic E-state index is 12.8. The molecule has 0 saturated heterocycles. The summed E-state index contributed by atoms with van der Waals surface area (Å²) in [5, 5.41) is 6.22. The van der Waals surface area contributed by atoms with Crippen molar-refractivity contribution in [1.82, 2.24) is 9.97 Å². The summed E-state index contributed by atoms with van der Waals surface area (Å²) in [6.07, 6.45) is 1.46. The summed E-state index contributed by atoms with van der Waals surface area (Å²) in [6, 6.07) is 7.97. The molecule has 2 rings (SSSR count). The Hall–Kier alpha value is -2.21. The number of hydrogen-bond acceptors (Lipinski definition) is 5.